The molecule has 2 atom stereocenters. The lowest BCUT2D eigenvalue weighted by Crippen LogP contribution is -2.38. The van der Waals surface area contributed by atoms with Gasteiger partial charge in [-0.1, -0.05) is 18.2 Å². The number of ether oxygens (including phenoxy) is 1. The number of nitrogens with one attached hydrogen (secondary N) is 1. The Labute approximate surface area is 149 Å². The maximum atomic E-state index is 5.99. The number of aromatic nitrogens is 1. The highest BCUT2D eigenvalue weighted by Gasteiger charge is 2.39. The van der Waals surface area contributed by atoms with E-state index in [0.29, 0.717) is 30.7 Å². The predicted octanol–water partition coefficient (Wildman–Crippen LogP) is 3.38. The molecule has 0 spiro atoms. The second-order valence-electron chi connectivity index (χ2n) is 7.45. The quantitative estimate of drug-likeness (QED) is 0.848. The Morgan fingerprint density at radius 3 is 2.60 bits per heavy atom. The number of nitrogens with zero attached hydrogens (tertiary/aromatic N) is 1. The van der Waals surface area contributed by atoms with Crippen LogP contribution in [0.1, 0.15) is 49.1 Å². The van der Waals surface area contributed by atoms with Crippen LogP contribution in [-0.2, 0) is 6.61 Å². The normalized spacial score (nSPS) is 28.5. The third-order valence-corrected chi connectivity index (χ3v) is 5.45. The van der Waals surface area contributed by atoms with Gasteiger partial charge in [-0.05, 0) is 55.9 Å². The first-order valence-corrected chi connectivity index (χ1v) is 9.41. The molecule has 2 fully saturated rings. The number of pyridine rings is 1. The lowest BCUT2D eigenvalue weighted by atomic mass is 9.92. The minimum Gasteiger partial charge on any atom is -0.489 e. The average molecular weight is 337 g/mol. The molecule has 0 radical (unpaired) electrons. The Balaban J connectivity index is 1.25. The van der Waals surface area contributed by atoms with Crippen LogP contribution in [0.25, 0.3) is 0 Å². The van der Waals surface area contributed by atoms with Gasteiger partial charge < -0.3 is 15.8 Å². The van der Waals surface area contributed by atoms with Gasteiger partial charge in [0.2, 0.25) is 0 Å². The molecule has 2 saturated carbocycles. The van der Waals surface area contributed by atoms with Crippen molar-refractivity contribution in [1.82, 2.24) is 10.3 Å². The summed E-state index contributed by atoms with van der Waals surface area (Å²) in [4.78, 5) is 4.11. The summed E-state index contributed by atoms with van der Waals surface area (Å²) < 4.78 is 5.84. The van der Waals surface area contributed by atoms with E-state index >= 15 is 0 Å². The van der Waals surface area contributed by atoms with Gasteiger partial charge in [-0.2, -0.15) is 0 Å². The Bertz CT molecular complexity index is 665. The van der Waals surface area contributed by atoms with Gasteiger partial charge in [0.15, 0.2) is 0 Å². The van der Waals surface area contributed by atoms with E-state index in [4.69, 9.17) is 10.5 Å². The Kier molecular flexibility index (Phi) is 4.99. The number of hydrogen-bond donors (Lipinski definition) is 2. The minimum atomic E-state index is 0.423. The van der Waals surface area contributed by atoms with Crippen molar-refractivity contribution in [3.63, 3.8) is 0 Å². The summed E-state index contributed by atoms with van der Waals surface area (Å²) in [6.07, 6.45) is 9.65. The van der Waals surface area contributed by atoms with Gasteiger partial charge in [-0.3, -0.25) is 4.98 Å². The lowest BCUT2D eigenvalue weighted by molar-refractivity contribution is 0.305. The van der Waals surface area contributed by atoms with Crippen molar-refractivity contribution in [3.8, 4) is 5.75 Å². The molecular formula is C21H27N3O. The first kappa shape index (κ1) is 16.6. The van der Waals surface area contributed by atoms with Crippen LogP contribution in [0.4, 0.5) is 0 Å². The summed E-state index contributed by atoms with van der Waals surface area (Å²) in [5.41, 5.74) is 8.50. The van der Waals surface area contributed by atoms with Gasteiger partial charge in [-0.15, -0.1) is 0 Å². The van der Waals surface area contributed by atoms with E-state index in [-0.39, 0.29) is 0 Å². The molecule has 0 amide bonds. The molecule has 2 unspecified atom stereocenters. The number of rotatable bonds is 6. The number of benzene rings is 1. The zero-order chi connectivity index (χ0) is 17.1. The maximum absolute atomic E-state index is 5.99. The molecule has 0 aliphatic heterocycles. The molecule has 4 heteroatoms. The Morgan fingerprint density at radius 1 is 1.08 bits per heavy atom. The fourth-order valence-electron chi connectivity index (χ4n) is 3.80. The molecular weight excluding hydrogens is 310 g/mol. The summed E-state index contributed by atoms with van der Waals surface area (Å²) >= 11 is 0. The molecule has 2 aromatic rings. The molecule has 1 aromatic carbocycles. The number of hydrogen-bond acceptors (Lipinski definition) is 4. The van der Waals surface area contributed by atoms with Crippen LogP contribution in [-0.4, -0.2) is 23.1 Å². The molecule has 2 aliphatic carbocycles. The summed E-state index contributed by atoms with van der Waals surface area (Å²) in [6, 6.07) is 14.3. The zero-order valence-electron chi connectivity index (χ0n) is 14.6. The molecule has 132 valence electrons. The monoisotopic (exact) mass is 337 g/mol. The third-order valence-electron chi connectivity index (χ3n) is 5.45. The maximum Gasteiger partial charge on any atom is 0.119 e. The topological polar surface area (TPSA) is 60.2 Å². The van der Waals surface area contributed by atoms with Crippen LogP contribution in [0, 0.1) is 0 Å². The highest BCUT2D eigenvalue weighted by molar-refractivity contribution is 5.34. The van der Waals surface area contributed by atoms with Gasteiger partial charge in [0, 0.05) is 42.0 Å². The minimum absolute atomic E-state index is 0.423. The smallest absolute Gasteiger partial charge is 0.119 e. The van der Waals surface area contributed by atoms with Crippen LogP contribution in [0.5, 0.6) is 5.75 Å². The third kappa shape index (κ3) is 4.39. The van der Waals surface area contributed by atoms with Crippen LogP contribution >= 0.6 is 0 Å². The lowest BCUT2D eigenvalue weighted by Gasteiger charge is -2.27. The van der Waals surface area contributed by atoms with Crippen LogP contribution in [0.15, 0.2) is 48.8 Å². The molecule has 2 aliphatic rings. The Hall–Kier alpha value is -1.91. The van der Waals surface area contributed by atoms with E-state index in [2.05, 4.69) is 34.6 Å². The molecule has 25 heavy (non-hydrogen) atoms. The summed E-state index contributed by atoms with van der Waals surface area (Å²) in [6.45, 7) is 0.560. The fourth-order valence-corrected chi connectivity index (χ4v) is 3.80. The fraction of sp³-hybridized carbons (Fsp3) is 0.476. The SMILES string of the molecule is N[C@H]1CC[C@H](NC2CC2c2ccc(OCc3cccnc3)cc2)CC1. The average Bonchev–Trinajstić information content (AvgIpc) is 3.42. The molecule has 0 bridgehead atoms. The highest BCUT2D eigenvalue weighted by atomic mass is 16.5. The van der Waals surface area contributed by atoms with Crippen LogP contribution in [0.2, 0.25) is 0 Å². The molecule has 3 N–H and O–H groups in total. The molecule has 1 heterocycles. The molecule has 4 nitrogen and oxygen atoms in total. The van der Waals surface area contributed by atoms with Crippen molar-refractivity contribution in [3.05, 3.63) is 59.9 Å². The summed E-state index contributed by atoms with van der Waals surface area (Å²) in [5, 5.41) is 3.83. The predicted molar refractivity (Wildman–Crippen MR) is 99.5 cm³/mol. The Morgan fingerprint density at radius 2 is 1.88 bits per heavy atom. The van der Waals surface area contributed by atoms with Crippen molar-refractivity contribution >= 4 is 0 Å². The van der Waals surface area contributed by atoms with Crippen molar-refractivity contribution < 1.29 is 4.74 Å². The van der Waals surface area contributed by atoms with Crippen molar-refractivity contribution in [2.75, 3.05) is 0 Å². The van der Waals surface area contributed by atoms with E-state index in [1.54, 1.807) is 6.20 Å². The van der Waals surface area contributed by atoms with E-state index in [1.807, 2.05) is 18.3 Å². The largest absolute Gasteiger partial charge is 0.489 e. The van der Waals surface area contributed by atoms with Crippen molar-refractivity contribution in [1.29, 1.82) is 0 Å². The van der Waals surface area contributed by atoms with Gasteiger partial charge in [0.1, 0.15) is 12.4 Å². The summed E-state index contributed by atoms with van der Waals surface area (Å²) in [5.74, 6) is 1.57. The molecule has 0 saturated heterocycles. The van der Waals surface area contributed by atoms with E-state index in [9.17, 15) is 0 Å². The second kappa shape index (κ2) is 7.54. The van der Waals surface area contributed by atoms with Gasteiger partial charge in [-0.25, -0.2) is 0 Å². The van der Waals surface area contributed by atoms with Gasteiger partial charge >= 0.3 is 0 Å². The van der Waals surface area contributed by atoms with Crippen LogP contribution in [0.3, 0.4) is 0 Å². The van der Waals surface area contributed by atoms with E-state index < -0.39 is 0 Å². The first-order chi connectivity index (χ1) is 12.3. The first-order valence-electron chi connectivity index (χ1n) is 9.41. The van der Waals surface area contributed by atoms with Gasteiger partial charge in [0.25, 0.3) is 0 Å². The van der Waals surface area contributed by atoms with Crippen LogP contribution < -0.4 is 15.8 Å². The molecule has 4 rings (SSSR count). The molecule has 1 aromatic heterocycles. The van der Waals surface area contributed by atoms with Crippen molar-refractivity contribution in [2.45, 2.75) is 62.8 Å². The number of nitrogens with two attached hydrogens (primary N) is 1. The van der Waals surface area contributed by atoms with Crippen molar-refractivity contribution in [2.24, 2.45) is 5.73 Å². The standard InChI is InChI=1S/C21H27N3O/c22-17-5-7-18(8-6-17)24-21-12-20(21)16-3-9-19(10-4-16)25-14-15-2-1-11-23-13-15/h1-4,9-11,13,17-18,20-21,24H,5-8,12,14,22H2/t17-,18-,20?,21?. The highest BCUT2D eigenvalue weighted by Crippen LogP contribution is 2.42. The zero-order valence-corrected chi connectivity index (χ0v) is 14.6. The van der Waals surface area contributed by atoms with E-state index in [0.717, 1.165) is 24.2 Å². The summed E-state index contributed by atoms with van der Waals surface area (Å²) in [7, 11) is 0. The van der Waals surface area contributed by atoms with Gasteiger partial charge in [0.05, 0.1) is 0 Å². The second-order valence-corrected chi connectivity index (χ2v) is 7.45. The van der Waals surface area contributed by atoms with E-state index in [1.165, 1.54) is 24.8 Å².